The maximum Gasteiger partial charge on any atom is 0.150 e. The third kappa shape index (κ3) is 1.59. The van der Waals surface area contributed by atoms with E-state index in [4.69, 9.17) is 0 Å². The van der Waals surface area contributed by atoms with Gasteiger partial charge in [0, 0.05) is 12.7 Å². The van der Waals surface area contributed by atoms with Crippen LogP contribution in [-0.4, -0.2) is 12.2 Å². The quantitative estimate of drug-likeness (QED) is 0.813. The molecule has 0 aliphatic rings. The zero-order valence-electron chi connectivity index (χ0n) is 7.84. The van der Waals surface area contributed by atoms with Crippen molar-refractivity contribution in [3.05, 3.63) is 41.8 Å². The molecular weight excluding hydrogens is 194 g/mol. The van der Waals surface area contributed by atoms with Gasteiger partial charge < -0.3 is 10.0 Å². The van der Waals surface area contributed by atoms with Crippen molar-refractivity contribution in [1.82, 2.24) is 0 Å². The van der Waals surface area contributed by atoms with E-state index in [-0.39, 0.29) is 0 Å². The minimum Gasteiger partial charge on any atom is -0.505 e. The van der Waals surface area contributed by atoms with E-state index >= 15 is 0 Å². The van der Waals surface area contributed by atoms with Crippen molar-refractivity contribution in [2.75, 3.05) is 11.9 Å². The van der Waals surface area contributed by atoms with Crippen LogP contribution in [0.3, 0.4) is 0 Å². The molecule has 2 aromatic rings. The second-order valence-electron chi connectivity index (χ2n) is 3.01. The van der Waals surface area contributed by atoms with Gasteiger partial charge in [-0.15, -0.1) is 11.3 Å². The van der Waals surface area contributed by atoms with Crippen molar-refractivity contribution in [3.8, 4) is 5.75 Å². The highest BCUT2D eigenvalue weighted by atomic mass is 32.1. The van der Waals surface area contributed by atoms with E-state index in [0.717, 1.165) is 10.7 Å². The molecule has 1 N–H and O–H groups in total. The second-order valence-corrected chi connectivity index (χ2v) is 3.90. The van der Waals surface area contributed by atoms with Crippen LogP contribution in [0.2, 0.25) is 0 Å². The van der Waals surface area contributed by atoms with Crippen molar-refractivity contribution < 1.29 is 5.11 Å². The fraction of sp³-hybridized carbons (Fsp3) is 0.0909. The maximum absolute atomic E-state index is 9.55. The predicted molar refractivity (Wildman–Crippen MR) is 60.5 cm³/mol. The van der Waals surface area contributed by atoms with E-state index < -0.39 is 0 Å². The smallest absolute Gasteiger partial charge is 0.150 e. The van der Waals surface area contributed by atoms with Gasteiger partial charge in [0.05, 0.1) is 0 Å². The molecule has 14 heavy (non-hydrogen) atoms. The molecule has 0 amide bonds. The Kier molecular flexibility index (Phi) is 2.41. The number of aromatic hydroxyl groups is 1. The van der Waals surface area contributed by atoms with Crippen LogP contribution in [0.4, 0.5) is 10.7 Å². The molecule has 0 spiro atoms. The molecular formula is C11H11NOS. The predicted octanol–water partition coefficient (Wildman–Crippen LogP) is 3.22. The summed E-state index contributed by atoms with van der Waals surface area (Å²) in [5.41, 5.74) is 1.07. The Hall–Kier alpha value is -1.48. The molecule has 0 saturated carbocycles. The number of anilines is 2. The molecule has 0 atom stereocenters. The first-order valence-corrected chi connectivity index (χ1v) is 5.22. The zero-order valence-corrected chi connectivity index (χ0v) is 8.66. The van der Waals surface area contributed by atoms with Crippen LogP contribution in [0.25, 0.3) is 0 Å². The van der Waals surface area contributed by atoms with Crippen LogP contribution in [-0.2, 0) is 0 Å². The zero-order chi connectivity index (χ0) is 9.97. The molecule has 0 aliphatic heterocycles. The first-order chi connectivity index (χ1) is 6.79. The van der Waals surface area contributed by atoms with Crippen molar-refractivity contribution in [2.45, 2.75) is 0 Å². The lowest BCUT2D eigenvalue weighted by molar-refractivity contribution is 0.478. The molecule has 0 unspecified atom stereocenters. The Bertz CT molecular complexity index is 410. The van der Waals surface area contributed by atoms with Crippen LogP contribution < -0.4 is 4.90 Å². The topological polar surface area (TPSA) is 23.5 Å². The Morgan fingerprint density at radius 1 is 1.14 bits per heavy atom. The number of nitrogens with zero attached hydrogens (tertiary/aromatic N) is 1. The summed E-state index contributed by atoms with van der Waals surface area (Å²) in [5.74, 6) is 0.335. The molecule has 1 heterocycles. The van der Waals surface area contributed by atoms with E-state index in [0.29, 0.717) is 5.75 Å². The van der Waals surface area contributed by atoms with E-state index in [1.54, 1.807) is 6.07 Å². The van der Waals surface area contributed by atoms with Gasteiger partial charge in [0.2, 0.25) is 0 Å². The summed E-state index contributed by atoms with van der Waals surface area (Å²) in [6.45, 7) is 0. The second kappa shape index (κ2) is 3.72. The SMILES string of the molecule is CN(c1ccccc1)c1sccc1O. The van der Waals surface area contributed by atoms with Gasteiger partial charge in [0.25, 0.3) is 0 Å². The van der Waals surface area contributed by atoms with Crippen molar-refractivity contribution in [2.24, 2.45) is 0 Å². The molecule has 0 saturated heterocycles. The van der Waals surface area contributed by atoms with Crippen molar-refractivity contribution in [1.29, 1.82) is 0 Å². The Labute approximate surface area is 87.0 Å². The number of benzene rings is 1. The van der Waals surface area contributed by atoms with Gasteiger partial charge in [-0.05, 0) is 23.6 Å². The number of hydrogen-bond acceptors (Lipinski definition) is 3. The highest BCUT2D eigenvalue weighted by Gasteiger charge is 2.08. The molecule has 1 aromatic carbocycles. The third-order valence-corrected chi connectivity index (χ3v) is 3.05. The monoisotopic (exact) mass is 205 g/mol. The van der Waals surface area contributed by atoms with Gasteiger partial charge in [-0.3, -0.25) is 0 Å². The van der Waals surface area contributed by atoms with Crippen molar-refractivity contribution in [3.63, 3.8) is 0 Å². The van der Waals surface area contributed by atoms with Crippen molar-refractivity contribution >= 4 is 22.0 Å². The highest BCUT2D eigenvalue weighted by molar-refractivity contribution is 7.14. The molecule has 2 nitrogen and oxygen atoms in total. The number of rotatable bonds is 2. The lowest BCUT2D eigenvalue weighted by Gasteiger charge is -2.17. The maximum atomic E-state index is 9.55. The summed E-state index contributed by atoms with van der Waals surface area (Å²) in [6, 6.07) is 11.7. The number of thiophene rings is 1. The average Bonchev–Trinajstić information content (AvgIpc) is 2.65. The lowest BCUT2D eigenvalue weighted by Crippen LogP contribution is -2.07. The van der Waals surface area contributed by atoms with Crippen LogP contribution >= 0.6 is 11.3 Å². The molecule has 0 aliphatic carbocycles. The summed E-state index contributed by atoms with van der Waals surface area (Å²) in [5, 5.41) is 12.3. The molecule has 0 bridgehead atoms. The highest BCUT2D eigenvalue weighted by Crippen LogP contribution is 2.36. The van der Waals surface area contributed by atoms with Crippen LogP contribution in [0, 0.1) is 0 Å². The van der Waals surface area contributed by atoms with Crippen LogP contribution in [0.15, 0.2) is 41.8 Å². The molecule has 1 aromatic heterocycles. The van der Waals surface area contributed by atoms with E-state index in [2.05, 4.69) is 0 Å². The molecule has 0 fully saturated rings. The minimum absolute atomic E-state index is 0.335. The number of hydrogen-bond donors (Lipinski definition) is 1. The molecule has 3 heteroatoms. The average molecular weight is 205 g/mol. The molecule has 2 rings (SSSR count). The molecule has 0 radical (unpaired) electrons. The summed E-state index contributed by atoms with van der Waals surface area (Å²) < 4.78 is 0. The van der Waals surface area contributed by atoms with Gasteiger partial charge in [0.1, 0.15) is 10.8 Å². The van der Waals surface area contributed by atoms with Gasteiger partial charge >= 0.3 is 0 Å². The first kappa shape index (κ1) is 9.09. The fourth-order valence-electron chi connectivity index (χ4n) is 1.31. The van der Waals surface area contributed by atoms with Gasteiger partial charge in [-0.2, -0.15) is 0 Å². The van der Waals surface area contributed by atoms with E-state index in [1.165, 1.54) is 11.3 Å². The summed E-state index contributed by atoms with van der Waals surface area (Å²) >= 11 is 1.53. The standard InChI is InChI=1S/C11H11NOS/c1-12(9-5-3-2-4-6-9)11-10(13)7-8-14-11/h2-8,13H,1H3. The largest absolute Gasteiger partial charge is 0.505 e. The van der Waals surface area contributed by atoms with Gasteiger partial charge in [-0.25, -0.2) is 0 Å². The number of para-hydroxylation sites is 1. The molecule has 72 valence electrons. The summed E-state index contributed by atoms with van der Waals surface area (Å²) in [7, 11) is 1.95. The van der Waals surface area contributed by atoms with E-state index in [9.17, 15) is 5.11 Å². The Morgan fingerprint density at radius 3 is 2.43 bits per heavy atom. The van der Waals surface area contributed by atoms with Crippen LogP contribution in [0.5, 0.6) is 5.75 Å². The van der Waals surface area contributed by atoms with E-state index in [1.807, 2.05) is 47.7 Å². The summed E-state index contributed by atoms with van der Waals surface area (Å²) in [4.78, 5) is 1.97. The lowest BCUT2D eigenvalue weighted by atomic mass is 10.3. The Balaban J connectivity index is 2.34. The fourth-order valence-corrected chi connectivity index (χ4v) is 2.09. The Morgan fingerprint density at radius 2 is 1.86 bits per heavy atom. The van der Waals surface area contributed by atoms with Crippen LogP contribution in [0.1, 0.15) is 0 Å². The van der Waals surface area contributed by atoms with Gasteiger partial charge in [0.15, 0.2) is 0 Å². The minimum atomic E-state index is 0.335. The van der Waals surface area contributed by atoms with Gasteiger partial charge in [-0.1, -0.05) is 18.2 Å². The normalized spacial score (nSPS) is 10.1. The first-order valence-electron chi connectivity index (χ1n) is 4.34. The third-order valence-electron chi connectivity index (χ3n) is 2.07. The summed E-state index contributed by atoms with van der Waals surface area (Å²) in [6.07, 6.45) is 0.